The number of amides is 1. The average molecular weight is 492 g/mol. The molecule has 0 fully saturated rings. The molecule has 8 nitrogen and oxygen atoms in total. The fourth-order valence-corrected chi connectivity index (χ4v) is 4.65. The Balaban J connectivity index is 1.95. The quantitative estimate of drug-likeness (QED) is 0.391. The summed E-state index contributed by atoms with van der Waals surface area (Å²) >= 11 is 0. The van der Waals surface area contributed by atoms with Gasteiger partial charge >= 0.3 is 6.09 Å². The first-order valence-corrected chi connectivity index (χ1v) is 15.4. The monoisotopic (exact) mass is 491 g/mol. The van der Waals surface area contributed by atoms with Gasteiger partial charge in [-0.3, -0.25) is 4.90 Å². The highest BCUT2D eigenvalue weighted by Gasteiger charge is 2.47. The molecule has 10 heteroatoms. The van der Waals surface area contributed by atoms with E-state index in [1.54, 1.807) is 22.6 Å². The first kappa shape index (κ1) is 26.1. The van der Waals surface area contributed by atoms with Crippen molar-refractivity contribution in [3.05, 3.63) is 34.9 Å². The molecule has 0 atom stereocenters. The number of halogens is 1. The van der Waals surface area contributed by atoms with Crippen molar-refractivity contribution < 1.29 is 18.7 Å². The first-order valence-electron chi connectivity index (χ1n) is 11.7. The number of carbonyl (C=O) groups is 1. The van der Waals surface area contributed by atoms with Gasteiger partial charge in [0.05, 0.1) is 17.8 Å². The minimum atomic E-state index is -1.24. The molecule has 1 amide bonds. The summed E-state index contributed by atoms with van der Waals surface area (Å²) in [7, 11) is -1.24. The lowest BCUT2D eigenvalue weighted by Gasteiger charge is -2.34. The fraction of sp³-hybridized carbons (Fsp3) is 0.625. The SMILES string of the molecule is Cc1ccc(F)c(Nc2nn(COCC[Si](C)(C)C)c3c2CN(C(=O)OC(C)(C)C)C3(C)C)n1. The van der Waals surface area contributed by atoms with E-state index < -0.39 is 31.1 Å². The summed E-state index contributed by atoms with van der Waals surface area (Å²) in [5, 5.41) is 7.75. The lowest BCUT2D eigenvalue weighted by molar-refractivity contribution is 0.00200. The van der Waals surface area contributed by atoms with Crippen molar-refractivity contribution >= 4 is 25.8 Å². The van der Waals surface area contributed by atoms with Gasteiger partial charge in [-0.1, -0.05) is 19.6 Å². The van der Waals surface area contributed by atoms with Gasteiger partial charge in [-0.05, 0) is 59.7 Å². The number of anilines is 2. The second kappa shape index (κ2) is 9.29. The number of aromatic nitrogens is 3. The number of nitrogens with zero attached hydrogens (tertiary/aromatic N) is 4. The third-order valence-corrected chi connectivity index (χ3v) is 7.37. The van der Waals surface area contributed by atoms with E-state index in [1.807, 2.05) is 34.6 Å². The Hall–Kier alpha value is -2.46. The molecule has 0 aromatic carbocycles. The van der Waals surface area contributed by atoms with Gasteiger partial charge in [0.1, 0.15) is 12.3 Å². The molecule has 2 aromatic heterocycles. The van der Waals surface area contributed by atoms with Gasteiger partial charge < -0.3 is 14.8 Å². The highest BCUT2D eigenvalue weighted by molar-refractivity contribution is 6.76. The van der Waals surface area contributed by atoms with Crippen LogP contribution in [0.4, 0.5) is 20.8 Å². The molecular weight excluding hydrogens is 453 g/mol. The largest absolute Gasteiger partial charge is 0.444 e. The molecule has 3 heterocycles. The van der Waals surface area contributed by atoms with Crippen LogP contribution in [0.15, 0.2) is 12.1 Å². The van der Waals surface area contributed by atoms with Crippen LogP contribution in [0.1, 0.15) is 51.6 Å². The number of rotatable bonds is 7. The zero-order valence-corrected chi connectivity index (χ0v) is 22.9. The Bertz CT molecular complexity index is 1060. The summed E-state index contributed by atoms with van der Waals surface area (Å²) in [6.07, 6.45) is -0.411. The molecule has 0 saturated carbocycles. The third kappa shape index (κ3) is 5.96. The number of pyridine rings is 1. The molecule has 2 aromatic rings. The lowest BCUT2D eigenvalue weighted by atomic mass is 10.0. The summed E-state index contributed by atoms with van der Waals surface area (Å²) < 4.78 is 27.9. The van der Waals surface area contributed by atoms with Crippen molar-refractivity contribution in [1.82, 2.24) is 19.7 Å². The van der Waals surface area contributed by atoms with Crippen LogP contribution in [0.3, 0.4) is 0 Å². The van der Waals surface area contributed by atoms with Gasteiger partial charge in [0.2, 0.25) is 0 Å². The van der Waals surface area contributed by atoms with Gasteiger partial charge in [-0.15, -0.1) is 0 Å². The van der Waals surface area contributed by atoms with Crippen LogP contribution in [-0.4, -0.2) is 46.0 Å². The predicted octanol–water partition coefficient (Wildman–Crippen LogP) is 5.77. The van der Waals surface area contributed by atoms with Crippen molar-refractivity contribution in [1.29, 1.82) is 0 Å². The maximum Gasteiger partial charge on any atom is 0.411 e. The molecule has 1 aliphatic heterocycles. The Morgan fingerprint density at radius 2 is 1.91 bits per heavy atom. The first-order chi connectivity index (χ1) is 15.6. The van der Waals surface area contributed by atoms with Gasteiger partial charge in [0.25, 0.3) is 0 Å². The standard InChI is InChI=1S/C24H38FN5O3Si/c1-16-10-11-18(25)21(26-16)27-20-17-14-29(22(31)33-23(2,3)4)24(5,6)19(17)30(28-20)15-32-12-13-34(7,8)9/h10-11H,12-15H2,1-9H3,(H,26,27,28). The molecule has 0 unspecified atom stereocenters. The molecule has 3 rings (SSSR count). The fourth-order valence-electron chi connectivity index (χ4n) is 3.89. The van der Waals surface area contributed by atoms with Crippen LogP contribution in [0.25, 0.3) is 0 Å². The summed E-state index contributed by atoms with van der Waals surface area (Å²) in [5.74, 6) is 0.0853. The second-order valence-electron chi connectivity index (χ2n) is 11.6. The van der Waals surface area contributed by atoms with Gasteiger partial charge in [0.15, 0.2) is 17.5 Å². The van der Waals surface area contributed by atoms with Gasteiger partial charge in [-0.2, -0.15) is 5.10 Å². The van der Waals surface area contributed by atoms with Crippen molar-refractivity contribution in [2.24, 2.45) is 0 Å². The Morgan fingerprint density at radius 3 is 2.53 bits per heavy atom. The van der Waals surface area contributed by atoms with E-state index in [-0.39, 0.29) is 19.1 Å². The number of hydrogen-bond donors (Lipinski definition) is 1. The molecule has 0 saturated heterocycles. The number of carbonyl (C=O) groups excluding carboxylic acids is 1. The van der Waals surface area contributed by atoms with Crippen LogP contribution in [0.5, 0.6) is 0 Å². The molecule has 1 aliphatic rings. The number of aryl methyl sites for hydroxylation is 1. The Kier molecular flexibility index (Phi) is 7.15. The summed E-state index contributed by atoms with van der Waals surface area (Å²) in [6, 6.07) is 4.02. The molecule has 0 bridgehead atoms. The van der Waals surface area contributed by atoms with Crippen LogP contribution < -0.4 is 5.32 Å². The average Bonchev–Trinajstić information content (AvgIpc) is 3.15. The Morgan fingerprint density at radius 1 is 1.24 bits per heavy atom. The summed E-state index contributed by atoms with van der Waals surface area (Å²) in [4.78, 5) is 19.0. The van der Waals surface area contributed by atoms with E-state index in [0.717, 1.165) is 17.3 Å². The van der Waals surface area contributed by atoms with E-state index in [2.05, 4.69) is 29.9 Å². The van der Waals surface area contributed by atoms with E-state index in [9.17, 15) is 9.18 Å². The molecule has 0 spiro atoms. The predicted molar refractivity (Wildman–Crippen MR) is 133 cm³/mol. The maximum absolute atomic E-state index is 14.5. The minimum Gasteiger partial charge on any atom is -0.444 e. The van der Waals surface area contributed by atoms with Crippen molar-refractivity contribution in [2.45, 2.75) is 91.6 Å². The summed E-state index contributed by atoms with van der Waals surface area (Å²) in [6.45, 7) is 19.3. The minimum absolute atomic E-state index is 0.0978. The summed E-state index contributed by atoms with van der Waals surface area (Å²) in [5.41, 5.74) is 0.995. The molecule has 188 valence electrons. The zero-order chi connectivity index (χ0) is 25.5. The third-order valence-electron chi connectivity index (χ3n) is 5.67. The number of hydrogen-bond acceptors (Lipinski definition) is 6. The smallest absolute Gasteiger partial charge is 0.411 e. The zero-order valence-electron chi connectivity index (χ0n) is 21.9. The molecule has 0 radical (unpaired) electrons. The number of fused-ring (bicyclic) bond motifs is 1. The Labute approximate surface area is 202 Å². The molecule has 34 heavy (non-hydrogen) atoms. The van der Waals surface area contributed by atoms with Crippen LogP contribution in [-0.2, 0) is 28.3 Å². The van der Waals surface area contributed by atoms with E-state index in [1.165, 1.54) is 6.07 Å². The highest BCUT2D eigenvalue weighted by Crippen LogP contribution is 2.43. The van der Waals surface area contributed by atoms with Crippen LogP contribution in [0.2, 0.25) is 25.7 Å². The topological polar surface area (TPSA) is 81.5 Å². The van der Waals surface area contributed by atoms with Crippen molar-refractivity contribution in [3.8, 4) is 0 Å². The highest BCUT2D eigenvalue weighted by atomic mass is 28.3. The van der Waals surface area contributed by atoms with E-state index >= 15 is 0 Å². The van der Waals surface area contributed by atoms with E-state index in [0.29, 0.717) is 18.1 Å². The van der Waals surface area contributed by atoms with E-state index in [4.69, 9.17) is 14.6 Å². The maximum atomic E-state index is 14.5. The molecule has 1 N–H and O–H groups in total. The normalized spacial score (nSPS) is 15.4. The van der Waals surface area contributed by atoms with Crippen LogP contribution >= 0.6 is 0 Å². The van der Waals surface area contributed by atoms with Crippen molar-refractivity contribution in [2.75, 3.05) is 11.9 Å². The van der Waals surface area contributed by atoms with Crippen molar-refractivity contribution in [3.63, 3.8) is 0 Å². The molecular formula is C24H38FN5O3Si. The number of nitrogens with one attached hydrogen (secondary N) is 1. The second-order valence-corrected chi connectivity index (χ2v) is 17.2. The molecule has 0 aliphatic carbocycles. The van der Waals surface area contributed by atoms with Crippen LogP contribution in [0, 0.1) is 12.7 Å². The van der Waals surface area contributed by atoms with Gasteiger partial charge in [0, 0.05) is 25.9 Å². The lowest BCUT2D eigenvalue weighted by Crippen LogP contribution is -2.44. The number of ether oxygens (including phenoxy) is 2. The van der Waals surface area contributed by atoms with Gasteiger partial charge in [-0.25, -0.2) is 18.9 Å².